The number of fused-ring (bicyclic) bond motifs is 1. The fourth-order valence-corrected chi connectivity index (χ4v) is 2.30. The Kier molecular flexibility index (Phi) is 4.71. The highest BCUT2D eigenvalue weighted by Gasteiger charge is 2.18. The van der Waals surface area contributed by atoms with Crippen LogP contribution in [0.25, 0.3) is 10.8 Å². The maximum absolute atomic E-state index is 12.1. The molecular weight excluding hydrogens is 252 g/mol. The molecule has 0 saturated carbocycles. The van der Waals surface area contributed by atoms with Crippen LogP contribution in [0.5, 0.6) is 0 Å². The van der Waals surface area contributed by atoms with Gasteiger partial charge in [-0.1, -0.05) is 42.5 Å². The summed E-state index contributed by atoms with van der Waals surface area (Å²) in [4.78, 5) is 13.7. The van der Waals surface area contributed by atoms with Gasteiger partial charge >= 0.3 is 0 Å². The van der Waals surface area contributed by atoms with E-state index >= 15 is 0 Å². The van der Waals surface area contributed by atoms with Crippen molar-refractivity contribution in [3.05, 3.63) is 48.0 Å². The maximum Gasteiger partial charge on any atom is 0.241 e. The van der Waals surface area contributed by atoms with Crippen LogP contribution in [-0.2, 0) is 16.1 Å². The van der Waals surface area contributed by atoms with Crippen LogP contribution in [0.3, 0.4) is 0 Å². The molecule has 0 spiro atoms. The van der Waals surface area contributed by atoms with Crippen LogP contribution in [-0.4, -0.2) is 37.6 Å². The van der Waals surface area contributed by atoms with Gasteiger partial charge in [0.15, 0.2) is 0 Å². The van der Waals surface area contributed by atoms with Crippen LogP contribution in [0.4, 0.5) is 0 Å². The van der Waals surface area contributed by atoms with Gasteiger partial charge in [-0.2, -0.15) is 0 Å². The second-order valence-electron chi connectivity index (χ2n) is 4.89. The molecule has 0 aliphatic rings. The van der Waals surface area contributed by atoms with Crippen LogP contribution < -0.4 is 5.73 Å². The predicted octanol–water partition coefficient (Wildman–Crippen LogP) is 1.77. The van der Waals surface area contributed by atoms with Gasteiger partial charge < -0.3 is 15.4 Å². The van der Waals surface area contributed by atoms with Crippen molar-refractivity contribution < 1.29 is 9.53 Å². The van der Waals surface area contributed by atoms with E-state index in [-0.39, 0.29) is 12.5 Å². The minimum Gasteiger partial charge on any atom is -0.383 e. The number of likely N-dealkylation sites (N-methyl/N-ethyl adjacent to an activating group) is 1. The molecule has 1 unspecified atom stereocenters. The predicted molar refractivity (Wildman–Crippen MR) is 80.3 cm³/mol. The fourth-order valence-electron chi connectivity index (χ4n) is 2.30. The lowest BCUT2D eigenvalue weighted by molar-refractivity contribution is -0.132. The summed E-state index contributed by atoms with van der Waals surface area (Å²) < 4.78 is 4.92. The second kappa shape index (κ2) is 6.50. The first kappa shape index (κ1) is 14.5. The molecule has 0 heterocycles. The van der Waals surface area contributed by atoms with E-state index in [4.69, 9.17) is 10.5 Å². The summed E-state index contributed by atoms with van der Waals surface area (Å²) in [6.45, 7) is 0.774. The molecule has 1 atom stereocenters. The van der Waals surface area contributed by atoms with Gasteiger partial charge in [0.2, 0.25) is 5.91 Å². The molecule has 1 amide bonds. The number of nitrogens with zero attached hydrogens (tertiary/aromatic N) is 1. The molecule has 2 aromatic carbocycles. The third kappa shape index (κ3) is 3.15. The summed E-state index contributed by atoms with van der Waals surface area (Å²) in [6, 6.07) is 13.6. The molecule has 0 bridgehead atoms. The van der Waals surface area contributed by atoms with Gasteiger partial charge in [-0.25, -0.2) is 0 Å². The number of benzene rings is 2. The molecule has 106 valence electrons. The molecule has 20 heavy (non-hydrogen) atoms. The van der Waals surface area contributed by atoms with Crippen molar-refractivity contribution >= 4 is 16.7 Å². The van der Waals surface area contributed by atoms with E-state index in [0.717, 1.165) is 10.9 Å². The molecule has 0 aromatic heterocycles. The quantitative estimate of drug-likeness (QED) is 0.902. The van der Waals surface area contributed by atoms with Gasteiger partial charge in [-0.3, -0.25) is 4.79 Å². The van der Waals surface area contributed by atoms with Gasteiger partial charge in [-0.15, -0.1) is 0 Å². The Hall–Kier alpha value is -1.91. The Bertz CT molecular complexity index is 593. The van der Waals surface area contributed by atoms with Crippen molar-refractivity contribution in [1.29, 1.82) is 0 Å². The average Bonchev–Trinajstić information content (AvgIpc) is 2.47. The highest BCUT2D eigenvalue weighted by atomic mass is 16.5. The molecule has 4 heteroatoms. The highest BCUT2D eigenvalue weighted by Crippen LogP contribution is 2.19. The topological polar surface area (TPSA) is 55.6 Å². The van der Waals surface area contributed by atoms with Crippen LogP contribution >= 0.6 is 0 Å². The zero-order chi connectivity index (χ0) is 14.5. The lowest BCUT2D eigenvalue weighted by Crippen LogP contribution is -2.44. The van der Waals surface area contributed by atoms with E-state index < -0.39 is 6.04 Å². The van der Waals surface area contributed by atoms with Crippen molar-refractivity contribution in [2.45, 2.75) is 12.6 Å². The van der Waals surface area contributed by atoms with Crippen molar-refractivity contribution in [3.63, 3.8) is 0 Å². The van der Waals surface area contributed by atoms with Gasteiger partial charge in [0, 0.05) is 20.7 Å². The molecule has 0 aliphatic heterocycles. The van der Waals surface area contributed by atoms with Crippen molar-refractivity contribution in [2.75, 3.05) is 20.8 Å². The Morgan fingerprint density at radius 1 is 1.25 bits per heavy atom. The molecule has 0 aliphatic carbocycles. The number of rotatable bonds is 5. The Morgan fingerprint density at radius 2 is 1.95 bits per heavy atom. The first-order valence-corrected chi connectivity index (χ1v) is 6.59. The lowest BCUT2D eigenvalue weighted by Gasteiger charge is -2.21. The van der Waals surface area contributed by atoms with Crippen LogP contribution in [0.2, 0.25) is 0 Å². The summed E-state index contributed by atoms with van der Waals surface area (Å²) in [7, 11) is 3.30. The SMILES string of the molecule is COCC(N)C(=O)N(C)Cc1cccc2ccccc12. The smallest absolute Gasteiger partial charge is 0.241 e. The fraction of sp³-hybridized carbons (Fsp3) is 0.312. The largest absolute Gasteiger partial charge is 0.383 e. The molecule has 0 radical (unpaired) electrons. The molecule has 0 fully saturated rings. The van der Waals surface area contributed by atoms with Gasteiger partial charge in [-0.05, 0) is 16.3 Å². The monoisotopic (exact) mass is 272 g/mol. The number of nitrogens with two attached hydrogens (primary N) is 1. The van der Waals surface area contributed by atoms with E-state index in [9.17, 15) is 4.79 Å². The minimum atomic E-state index is -0.611. The first-order chi connectivity index (χ1) is 9.63. The third-order valence-corrected chi connectivity index (χ3v) is 3.33. The van der Waals surface area contributed by atoms with Gasteiger partial charge in [0.05, 0.1) is 6.61 Å². The number of carbonyl (C=O) groups excluding carboxylic acids is 1. The molecule has 2 aromatic rings. The first-order valence-electron chi connectivity index (χ1n) is 6.59. The molecule has 2 rings (SSSR count). The molecule has 2 N–H and O–H groups in total. The summed E-state index contributed by atoms with van der Waals surface area (Å²) in [5.74, 6) is -0.111. The number of hydrogen-bond acceptors (Lipinski definition) is 3. The normalized spacial score (nSPS) is 12.3. The van der Waals surface area contributed by atoms with E-state index in [2.05, 4.69) is 18.2 Å². The summed E-state index contributed by atoms with van der Waals surface area (Å²) >= 11 is 0. The Labute approximate surface area is 119 Å². The number of methoxy groups -OCH3 is 1. The number of carbonyl (C=O) groups is 1. The van der Waals surface area contributed by atoms with E-state index in [1.165, 1.54) is 12.5 Å². The molecular formula is C16H20N2O2. The van der Waals surface area contributed by atoms with Crippen molar-refractivity contribution in [1.82, 2.24) is 4.90 Å². The number of hydrogen-bond donors (Lipinski definition) is 1. The summed E-state index contributed by atoms with van der Waals surface area (Å²) in [5, 5.41) is 2.34. The highest BCUT2D eigenvalue weighted by molar-refractivity contribution is 5.86. The Morgan fingerprint density at radius 3 is 2.70 bits per heavy atom. The standard InChI is InChI=1S/C16H20N2O2/c1-18(16(19)15(17)11-20-2)10-13-8-5-7-12-6-3-4-9-14(12)13/h3-9,15H,10-11,17H2,1-2H3. The van der Waals surface area contributed by atoms with Gasteiger partial charge in [0.25, 0.3) is 0 Å². The average molecular weight is 272 g/mol. The van der Waals surface area contributed by atoms with Crippen molar-refractivity contribution in [2.24, 2.45) is 5.73 Å². The summed E-state index contributed by atoms with van der Waals surface area (Å²) in [5.41, 5.74) is 6.89. The van der Waals surface area contributed by atoms with Crippen LogP contribution in [0, 0.1) is 0 Å². The van der Waals surface area contributed by atoms with Crippen molar-refractivity contribution in [3.8, 4) is 0 Å². The zero-order valence-electron chi connectivity index (χ0n) is 11.9. The van der Waals surface area contributed by atoms with Gasteiger partial charge in [0.1, 0.15) is 6.04 Å². The van der Waals surface area contributed by atoms with Crippen LogP contribution in [0.1, 0.15) is 5.56 Å². The zero-order valence-corrected chi connectivity index (χ0v) is 11.9. The molecule has 4 nitrogen and oxygen atoms in total. The number of amides is 1. The summed E-state index contributed by atoms with van der Waals surface area (Å²) in [6.07, 6.45) is 0. The third-order valence-electron chi connectivity index (χ3n) is 3.33. The Balaban J connectivity index is 2.18. The number of ether oxygens (including phenoxy) is 1. The van der Waals surface area contributed by atoms with E-state index in [1.807, 2.05) is 24.3 Å². The van der Waals surface area contributed by atoms with E-state index in [1.54, 1.807) is 11.9 Å². The van der Waals surface area contributed by atoms with Crippen LogP contribution in [0.15, 0.2) is 42.5 Å². The second-order valence-corrected chi connectivity index (χ2v) is 4.89. The maximum atomic E-state index is 12.1. The molecule has 0 saturated heterocycles. The van der Waals surface area contributed by atoms with E-state index in [0.29, 0.717) is 6.54 Å². The minimum absolute atomic E-state index is 0.111. The lowest BCUT2D eigenvalue weighted by atomic mass is 10.0.